The molecule has 0 radical (unpaired) electrons. The van der Waals surface area contributed by atoms with Crippen LogP contribution in [0.2, 0.25) is 0 Å². The van der Waals surface area contributed by atoms with Crippen molar-refractivity contribution in [2.24, 2.45) is 0 Å². The smallest absolute Gasteiger partial charge is 0.254 e. The van der Waals surface area contributed by atoms with Crippen LogP contribution in [0, 0.1) is 0 Å². The number of unbranched alkanes of at least 4 members (excludes halogenated alkanes) is 1. The van der Waals surface area contributed by atoms with Crippen LogP contribution in [-0.2, 0) is 24.3 Å². The largest absolute Gasteiger partial charge is 0.345 e. The molecule has 1 saturated carbocycles. The highest BCUT2D eigenvalue weighted by Gasteiger charge is 2.29. The van der Waals surface area contributed by atoms with E-state index in [4.69, 9.17) is 0 Å². The lowest BCUT2D eigenvalue weighted by atomic mass is 9.94. The molecule has 0 saturated heterocycles. The second-order valence-corrected chi connectivity index (χ2v) is 10.6. The maximum Gasteiger partial charge on any atom is 0.254 e. The zero-order chi connectivity index (χ0) is 26.7. The van der Waals surface area contributed by atoms with Gasteiger partial charge in [-0.3, -0.25) is 9.59 Å². The van der Waals surface area contributed by atoms with Crippen LogP contribution >= 0.6 is 0 Å². The fraction of sp³-hybridized carbons (Fsp3) is 0.455. The van der Waals surface area contributed by atoms with Gasteiger partial charge in [0.15, 0.2) is 0 Å². The summed E-state index contributed by atoms with van der Waals surface area (Å²) in [4.78, 5) is 31.3. The molecule has 1 fully saturated rings. The van der Waals surface area contributed by atoms with Gasteiger partial charge in [0.2, 0.25) is 5.91 Å². The van der Waals surface area contributed by atoms with Crippen molar-refractivity contribution in [1.29, 1.82) is 0 Å². The number of hydrogen-bond donors (Lipinski definition) is 0. The first kappa shape index (κ1) is 27.7. The number of carbonyl (C=O) groups excluding carboxylic acids is 2. The average molecular weight is 514 g/mol. The van der Waals surface area contributed by atoms with Gasteiger partial charge in [0.05, 0.1) is 6.54 Å². The summed E-state index contributed by atoms with van der Waals surface area (Å²) in [5.74, 6) is 0.00416. The van der Waals surface area contributed by atoms with Gasteiger partial charge in [-0.15, -0.1) is 0 Å². The first-order chi connectivity index (χ1) is 18.6. The Labute approximate surface area is 228 Å². The fourth-order valence-corrected chi connectivity index (χ4v) is 5.44. The molecule has 0 aliphatic heterocycles. The maximum absolute atomic E-state index is 14.0. The Balaban J connectivity index is 1.53. The number of rotatable bonds is 12. The van der Waals surface area contributed by atoms with E-state index in [0.717, 1.165) is 57.2 Å². The first-order valence-corrected chi connectivity index (χ1v) is 14.4. The molecule has 2 aromatic carbocycles. The molecule has 2 amide bonds. The van der Waals surface area contributed by atoms with E-state index in [0.29, 0.717) is 18.7 Å². The average Bonchev–Trinajstić information content (AvgIpc) is 3.40. The highest BCUT2D eigenvalue weighted by atomic mass is 16.2. The summed E-state index contributed by atoms with van der Waals surface area (Å²) in [5, 5.41) is 0. The van der Waals surface area contributed by atoms with Crippen LogP contribution in [-0.4, -0.2) is 45.3 Å². The standard InChI is InChI=1S/C33H43N3O2/c1-3-5-22-35(33(38)29-20-18-27(4-2)19-21-29)26-32(37)36(30-15-10-7-11-16-30)25-31-17-12-23-34(31)24-28-13-8-6-9-14-28/h6,8-9,12-14,17-21,23,30H,3-5,7,10-11,15-16,22,24-26H2,1-2H3. The van der Waals surface area contributed by atoms with E-state index in [1.807, 2.05) is 30.3 Å². The Morgan fingerprint density at radius 2 is 1.61 bits per heavy atom. The van der Waals surface area contributed by atoms with Gasteiger partial charge in [0.1, 0.15) is 6.54 Å². The molecule has 1 heterocycles. The van der Waals surface area contributed by atoms with E-state index < -0.39 is 0 Å². The minimum atomic E-state index is -0.0505. The zero-order valence-corrected chi connectivity index (χ0v) is 23.1. The van der Waals surface area contributed by atoms with Gasteiger partial charge < -0.3 is 14.4 Å². The summed E-state index contributed by atoms with van der Waals surface area (Å²) < 4.78 is 2.24. The van der Waals surface area contributed by atoms with Crippen LogP contribution in [0.3, 0.4) is 0 Å². The molecule has 0 atom stereocenters. The predicted octanol–water partition coefficient (Wildman–Crippen LogP) is 6.70. The number of nitrogens with zero attached hydrogens (tertiary/aromatic N) is 3. The molecule has 0 N–H and O–H groups in total. The third kappa shape index (κ3) is 7.37. The summed E-state index contributed by atoms with van der Waals surface area (Å²) in [7, 11) is 0. The third-order valence-corrected chi connectivity index (χ3v) is 7.79. The van der Waals surface area contributed by atoms with Crippen LogP contribution < -0.4 is 0 Å². The number of hydrogen-bond acceptors (Lipinski definition) is 2. The van der Waals surface area contributed by atoms with Gasteiger partial charge >= 0.3 is 0 Å². The van der Waals surface area contributed by atoms with Gasteiger partial charge in [-0.2, -0.15) is 0 Å². The third-order valence-electron chi connectivity index (χ3n) is 7.79. The number of amides is 2. The number of benzene rings is 2. The molecular weight excluding hydrogens is 470 g/mol. The van der Waals surface area contributed by atoms with Crippen LogP contribution in [0.5, 0.6) is 0 Å². The molecule has 1 aromatic heterocycles. The summed E-state index contributed by atoms with van der Waals surface area (Å²) in [5.41, 5.74) is 4.24. The van der Waals surface area contributed by atoms with Gasteiger partial charge in [-0.1, -0.05) is 82.0 Å². The van der Waals surface area contributed by atoms with Crippen molar-refractivity contribution in [3.8, 4) is 0 Å². The molecule has 38 heavy (non-hydrogen) atoms. The van der Waals surface area contributed by atoms with Crippen molar-refractivity contribution in [2.75, 3.05) is 13.1 Å². The molecule has 0 spiro atoms. The van der Waals surface area contributed by atoms with Crippen LogP contribution in [0.15, 0.2) is 72.9 Å². The Morgan fingerprint density at radius 3 is 2.29 bits per heavy atom. The topological polar surface area (TPSA) is 45.6 Å². The van der Waals surface area contributed by atoms with E-state index in [2.05, 4.69) is 65.9 Å². The monoisotopic (exact) mass is 513 g/mol. The Morgan fingerprint density at radius 1 is 0.868 bits per heavy atom. The van der Waals surface area contributed by atoms with Crippen LogP contribution in [0.25, 0.3) is 0 Å². The molecule has 0 bridgehead atoms. The molecule has 4 rings (SSSR count). The SMILES string of the molecule is CCCCN(CC(=O)N(Cc1cccn1Cc1ccccc1)C1CCCCC1)C(=O)c1ccc(CC)cc1. The summed E-state index contributed by atoms with van der Waals surface area (Å²) in [6, 6.07) is 22.7. The van der Waals surface area contributed by atoms with Crippen molar-refractivity contribution in [1.82, 2.24) is 14.4 Å². The normalized spacial score (nSPS) is 13.8. The van der Waals surface area contributed by atoms with E-state index >= 15 is 0 Å². The second-order valence-electron chi connectivity index (χ2n) is 10.6. The van der Waals surface area contributed by atoms with Crippen molar-refractivity contribution in [3.05, 3.63) is 95.3 Å². The van der Waals surface area contributed by atoms with E-state index in [1.165, 1.54) is 17.5 Å². The molecule has 3 aromatic rings. The van der Waals surface area contributed by atoms with Crippen molar-refractivity contribution < 1.29 is 9.59 Å². The molecular formula is C33H43N3O2. The van der Waals surface area contributed by atoms with E-state index in [9.17, 15) is 9.59 Å². The first-order valence-electron chi connectivity index (χ1n) is 14.4. The van der Waals surface area contributed by atoms with Gasteiger partial charge in [0.25, 0.3) is 5.91 Å². The van der Waals surface area contributed by atoms with Gasteiger partial charge in [-0.05, 0) is 61.1 Å². The molecule has 1 aliphatic carbocycles. The molecule has 5 heteroatoms. The van der Waals surface area contributed by atoms with E-state index in [-0.39, 0.29) is 24.4 Å². The molecule has 1 aliphatic rings. The summed E-state index contributed by atoms with van der Waals surface area (Å²) in [6.45, 7) is 6.31. The quantitative estimate of drug-likeness (QED) is 0.270. The van der Waals surface area contributed by atoms with Gasteiger partial charge in [-0.25, -0.2) is 0 Å². The lowest BCUT2D eigenvalue weighted by Crippen LogP contribution is -2.47. The zero-order valence-electron chi connectivity index (χ0n) is 23.1. The Bertz CT molecular complexity index is 1150. The van der Waals surface area contributed by atoms with E-state index in [1.54, 1.807) is 4.90 Å². The maximum atomic E-state index is 14.0. The summed E-state index contributed by atoms with van der Waals surface area (Å²) >= 11 is 0. The molecule has 0 unspecified atom stereocenters. The van der Waals surface area contributed by atoms with Crippen LogP contribution in [0.1, 0.15) is 86.0 Å². The lowest BCUT2D eigenvalue weighted by Gasteiger charge is -2.36. The number of carbonyl (C=O) groups is 2. The van der Waals surface area contributed by atoms with Crippen molar-refractivity contribution >= 4 is 11.8 Å². The summed E-state index contributed by atoms with van der Waals surface area (Å²) in [6.07, 6.45) is 10.5. The second kappa shape index (κ2) is 14.0. The van der Waals surface area contributed by atoms with Crippen molar-refractivity contribution in [2.45, 2.75) is 84.3 Å². The minimum Gasteiger partial charge on any atom is -0.345 e. The highest BCUT2D eigenvalue weighted by molar-refractivity contribution is 5.96. The minimum absolute atomic E-state index is 0.0505. The Kier molecular flexibility index (Phi) is 10.2. The van der Waals surface area contributed by atoms with Crippen molar-refractivity contribution in [3.63, 3.8) is 0 Å². The Hall–Kier alpha value is -3.34. The lowest BCUT2D eigenvalue weighted by molar-refractivity contribution is -0.135. The predicted molar refractivity (Wildman–Crippen MR) is 154 cm³/mol. The van der Waals surface area contributed by atoms with Gasteiger partial charge in [0, 0.05) is 36.6 Å². The fourth-order valence-electron chi connectivity index (χ4n) is 5.44. The number of aromatic nitrogens is 1. The number of aryl methyl sites for hydroxylation is 1. The van der Waals surface area contributed by atoms with Crippen LogP contribution in [0.4, 0.5) is 0 Å². The molecule has 5 nitrogen and oxygen atoms in total. The highest BCUT2D eigenvalue weighted by Crippen LogP contribution is 2.25. The molecule has 202 valence electrons.